The highest BCUT2D eigenvalue weighted by atomic mass is 19.3. The summed E-state index contributed by atoms with van der Waals surface area (Å²) in [7, 11) is 1.57. The monoisotopic (exact) mass is 506 g/mol. The zero-order valence-corrected chi connectivity index (χ0v) is 21.0. The van der Waals surface area contributed by atoms with Crippen LogP contribution < -0.4 is 4.74 Å². The first kappa shape index (κ1) is 29.4. The molecule has 0 radical (unpaired) electrons. The number of Topliss-reactive ketones (excluding diaryl/α,β-unsaturated/α-hetero) is 1. The van der Waals surface area contributed by atoms with Gasteiger partial charge in [0.25, 0.3) is 0 Å². The SMILES string of the molecule is CCCCC(F)(F)C(=O)/C=C/[C@H]1[C@H](OCc2ccc(OC)cc2)CC(=O)[C@@H]1C/C=C/CCCC(=O)O. The Balaban J connectivity index is 2.11. The van der Waals surface area contributed by atoms with Gasteiger partial charge >= 0.3 is 11.9 Å². The van der Waals surface area contributed by atoms with E-state index in [1.54, 1.807) is 26.2 Å². The number of aliphatic carboxylic acids is 1. The van der Waals surface area contributed by atoms with Crippen LogP contribution in [0.5, 0.6) is 5.75 Å². The molecule has 3 atom stereocenters. The molecule has 0 saturated heterocycles. The van der Waals surface area contributed by atoms with Crippen molar-refractivity contribution in [3.63, 3.8) is 0 Å². The van der Waals surface area contributed by atoms with Crippen LogP contribution in [-0.4, -0.2) is 41.8 Å². The summed E-state index contributed by atoms with van der Waals surface area (Å²) in [4.78, 5) is 35.7. The predicted molar refractivity (Wildman–Crippen MR) is 132 cm³/mol. The van der Waals surface area contributed by atoms with E-state index in [4.69, 9.17) is 14.6 Å². The molecule has 1 fully saturated rings. The smallest absolute Gasteiger partial charge is 0.309 e. The molecule has 1 aromatic carbocycles. The number of methoxy groups -OCH3 is 1. The average molecular weight is 507 g/mol. The summed E-state index contributed by atoms with van der Waals surface area (Å²) in [5.41, 5.74) is 0.870. The molecule has 198 valence electrons. The largest absolute Gasteiger partial charge is 0.497 e. The number of allylic oxidation sites excluding steroid dienone is 3. The van der Waals surface area contributed by atoms with E-state index in [0.717, 1.165) is 11.6 Å². The summed E-state index contributed by atoms with van der Waals surface area (Å²) < 4.78 is 39.6. The molecule has 6 nitrogen and oxygen atoms in total. The van der Waals surface area contributed by atoms with Gasteiger partial charge in [-0.3, -0.25) is 14.4 Å². The van der Waals surface area contributed by atoms with E-state index < -0.39 is 42.0 Å². The Morgan fingerprint density at radius 2 is 1.89 bits per heavy atom. The maximum absolute atomic E-state index is 14.2. The Morgan fingerprint density at radius 3 is 2.53 bits per heavy atom. The van der Waals surface area contributed by atoms with Crippen LogP contribution in [0, 0.1) is 11.8 Å². The average Bonchev–Trinajstić information content (AvgIpc) is 3.15. The lowest BCUT2D eigenvalue weighted by molar-refractivity contribution is -0.138. The van der Waals surface area contributed by atoms with Crippen LogP contribution in [0.3, 0.4) is 0 Å². The fourth-order valence-electron chi connectivity index (χ4n) is 4.18. The van der Waals surface area contributed by atoms with E-state index in [-0.39, 0.29) is 31.7 Å². The summed E-state index contributed by atoms with van der Waals surface area (Å²) in [5, 5.41) is 8.73. The first-order valence-corrected chi connectivity index (χ1v) is 12.4. The number of halogens is 2. The van der Waals surface area contributed by atoms with Crippen molar-refractivity contribution in [2.24, 2.45) is 11.8 Å². The zero-order valence-electron chi connectivity index (χ0n) is 21.0. The number of benzene rings is 1. The minimum atomic E-state index is -3.44. The van der Waals surface area contributed by atoms with E-state index in [1.807, 2.05) is 24.3 Å². The summed E-state index contributed by atoms with van der Waals surface area (Å²) in [6.07, 6.45) is 7.33. The highest BCUT2D eigenvalue weighted by molar-refractivity contribution is 5.95. The molecule has 0 aliphatic heterocycles. The second-order valence-electron chi connectivity index (χ2n) is 9.08. The third-order valence-corrected chi connectivity index (χ3v) is 6.33. The van der Waals surface area contributed by atoms with E-state index in [1.165, 1.54) is 6.08 Å². The van der Waals surface area contributed by atoms with Gasteiger partial charge in [0.1, 0.15) is 11.5 Å². The van der Waals surface area contributed by atoms with Crippen LogP contribution >= 0.6 is 0 Å². The van der Waals surface area contributed by atoms with Crippen LogP contribution in [0.25, 0.3) is 0 Å². The van der Waals surface area contributed by atoms with Crippen molar-refractivity contribution < 1.29 is 37.7 Å². The molecule has 36 heavy (non-hydrogen) atoms. The molecule has 1 aliphatic carbocycles. The van der Waals surface area contributed by atoms with Crippen molar-refractivity contribution in [1.82, 2.24) is 0 Å². The van der Waals surface area contributed by atoms with Crippen molar-refractivity contribution in [2.45, 2.75) is 76.9 Å². The first-order valence-electron chi connectivity index (χ1n) is 12.4. The standard InChI is InChI=1S/C28H36F2O6/c1-3-4-17-28(29,30)26(32)16-15-23-22(9-7-5-6-8-10-27(33)34)24(31)18-25(23)36-19-20-11-13-21(35-2)14-12-20/h5,7,11-16,22-23,25H,3-4,6,8-10,17-19H2,1-2H3,(H,33,34)/b7-5+,16-15+/t22-,23-,25-/m1/s1. The van der Waals surface area contributed by atoms with Crippen molar-refractivity contribution in [2.75, 3.05) is 7.11 Å². The molecule has 0 unspecified atom stereocenters. The topological polar surface area (TPSA) is 89.9 Å². The number of rotatable bonds is 16. The summed E-state index contributed by atoms with van der Waals surface area (Å²) >= 11 is 0. The molecule has 0 bridgehead atoms. The number of carbonyl (C=O) groups excluding carboxylic acids is 2. The Kier molecular flexibility index (Phi) is 11.9. The Morgan fingerprint density at radius 1 is 1.17 bits per heavy atom. The number of carboxylic acid groups (broad SMARTS) is 1. The van der Waals surface area contributed by atoms with Gasteiger partial charge in [-0.15, -0.1) is 0 Å². The minimum Gasteiger partial charge on any atom is -0.497 e. The zero-order chi connectivity index (χ0) is 26.6. The molecule has 1 N–H and O–H groups in total. The molecule has 1 saturated carbocycles. The molecule has 2 rings (SSSR count). The second kappa shape index (κ2) is 14.6. The highest BCUT2D eigenvalue weighted by Gasteiger charge is 2.42. The number of ether oxygens (including phenoxy) is 2. The van der Waals surface area contributed by atoms with Gasteiger partial charge in [-0.1, -0.05) is 43.7 Å². The Bertz CT molecular complexity index is 922. The number of hydrogen-bond acceptors (Lipinski definition) is 5. The van der Waals surface area contributed by atoms with Gasteiger partial charge < -0.3 is 14.6 Å². The molecular weight excluding hydrogens is 470 g/mol. The molecule has 0 aromatic heterocycles. The fraction of sp³-hybridized carbons (Fsp3) is 0.536. The van der Waals surface area contributed by atoms with Crippen molar-refractivity contribution >= 4 is 17.5 Å². The van der Waals surface area contributed by atoms with Gasteiger partial charge in [-0.2, -0.15) is 8.78 Å². The van der Waals surface area contributed by atoms with Crippen molar-refractivity contribution in [1.29, 1.82) is 0 Å². The van der Waals surface area contributed by atoms with Crippen LogP contribution in [-0.2, 0) is 25.7 Å². The van der Waals surface area contributed by atoms with Crippen LogP contribution in [0.1, 0.15) is 63.9 Å². The van der Waals surface area contributed by atoms with Gasteiger partial charge in [0.15, 0.2) is 0 Å². The molecule has 8 heteroatoms. The lowest BCUT2D eigenvalue weighted by atomic mass is 9.90. The van der Waals surface area contributed by atoms with Crippen molar-refractivity contribution in [3.8, 4) is 5.75 Å². The number of carboxylic acids is 1. The number of alkyl halides is 2. The third-order valence-electron chi connectivity index (χ3n) is 6.33. The normalized spacial score (nSPS) is 20.4. The van der Waals surface area contributed by atoms with E-state index >= 15 is 0 Å². The molecule has 0 spiro atoms. The fourth-order valence-corrected chi connectivity index (χ4v) is 4.18. The van der Waals surface area contributed by atoms with Crippen LogP contribution in [0.2, 0.25) is 0 Å². The van der Waals surface area contributed by atoms with E-state index in [2.05, 4.69) is 0 Å². The van der Waals surface area contributed by atoms with Gasteiger partial charge in [0, 0.05) is 31.1 Å². The number of hydrogen-bond donors (Lipinski definition) is 1. The maximum atomic E-state index is 14.2. The van der Waals surface area contributed by atoms with E-state index in [0.29, 0.717) is 31.4 Å². The van der Waals surface area contributed by atoms with Crippen LogP contribution in [0.4, 0.5) is 8.78 Å². The minimum absolute atomic E-state index is 0.0511. The molecule has 1 aromatic rings. The summed E-state index contributed by atoms with van der Waals surface area (Å²) in [6.45, 7) is 2.01. The van der Waals surface area contributed by atoms with Crippen molar-refractivity contribution in [3.05, 3.63) is 54.1 Å². The number of unbranched alkanes of at least 4 members (excludes halogenated alkanes) is 2. The molecular formula is C28H36F2O6. The highest BCUT2D eigenvalue weighted by Crippen LogP contribution is 2.36. The number of carbonyl (C=O) groups is 3. The molecule has 0 amide bonds. The molecule has 0 heterocycles. The lowest BCUT2D eigenvalue weighted by Gasteiger charge is -2.21. The molecule has 1 aliphatic rings. The summed E-state index contributed by atoms with van der Waals surface area (Å²) in [5.74, 6) is -5.93. The quantitative estimate of drug-likeness (QED) is 0.170. The first-order chi connectivity index (χ1) is 17.2. The van der Waals surface area contributed by atoms with Crippen LogP contribution in [0.15, 0.2) is 48.6 Å². The number of ketones is 2. The lowest BCUT2D eigenvalue weighted by Crippen LogP contribution is -2.28. The van der Waals surface area contributed by atoms with Gasteiger partial charge in [-0.05, 0) is 49.5 Å². The van der Waals surface area contributed by atoms with Gasteiger partial charge in [-0.25, -0.2) is 0 Å². The van der Waals surface area contributed by atoms with E-state index in [9.17, 15) is 23.2 Å². The van der Waals surface area contributed by atoms with Gasteiger partial charge in [0.05, 0.1) is 19.8 Å². The Hall–Kier alpha value is -2.87. The van der Waals surface area contributed by atoms with Gasteiger partial charge in [0.2, 0.25) is 5.78 Å². The second-order valence-corrected chi connectivity index (χ2v) is 9.08. The maximum Gasteiger partial charge on any atom is 0.309 e. The summed E-state index contributed by atoms with van der Waals surface area (Å²) in [6, 6.07) is 7.28. The Labute approximate surface area is 211 Å². The predicted octanol–water partition coefficient (Wildman–Crippen LogP) is 5.94. The third kappa shape index (κ3) is 9.30.